The number of carboxylic acid groups (broad SMARTS) is 2. The standard InChI is InChI=1S/C26H37NO6/c1-2-3-4-5-6-7-8-9-10-11-12-13-16-19-27-22-18-15-14-17-21(22)26(32)33-23(25(30)31)20-24(28)29/h2,11-12,14-15,17-18,23,27H,1,3-10,13,16,19-20H2,(H,28,29)(H,30,31). The third kappa shape index (κ3) is 13.1. The van der Waals surface area contributed by atoms with Crippen LogP contribution in [0.2, 0.25) is 0 Å². The molecule has 7 heteroatoms. The summed E-state index contributed by atoms with van der Waals surface area (Å²) in [6, 6.07) is 6.61. The second kappa shape index (κ2) is 17.5. The second-order valence-corrected chi connectivity index (χ2v) is 7.90. The number of carbonyl (C=O) groups excluding carboxylic acids is 1. The van der Waals surface area contributed by atoms with Gasteiger partial charge in [-0.3, -0.25) is 4.79 Å². The molecular weight excluding hydrogens is 422 g/mol. The number of carbonyl (C=O) groups is 3. The number of ether oxygens (including phenoxy) is 1. The van der Waals surface area contributed by atoms with Crippen LogP contribution in [0.15, 0.2) is 49.1 Å². The topological polar surface area (TPSA) is 113 Å². The smallest absolute Gasteiger partial charge is 0.345 e. The van der Waals surface area contributed by atoms with E-state index < -0.39 is 30.4 Å². The molecule has 1 rings (SSSR count). The van der Waals surface area contributed by atoms with Crippen molar-refractivity contribution in [1.29, 1.82) is 0 Å². The summed E-state index contributed by atoms with van der Waals surface area (Å²) in [5.41, 5.74) is 0.702. The summed E-state index contributed by atoms with van der Waals surface area (Å²) in [5.74, 6) is -3.72. The molecule has 0 aliphatic carbocycles. The molecule has 33 heavy (non-hydrogen) atoms. The molecule has 0 spiro atoms. The number of carboxylic acids is 2. The number of aliphatic carboxylic acids is 2. The Hall–Kier alpha value is -3.09. The number of benzene rings is 1. The molecule has 1 unspecified atom stereocenters. The maximum absolute atomic E-state index is 12.4. The van der Waals surface area contributed by atoms with Gasteiger partial charge in [0, 0.05) is 12.2 Å². The summed E-state index contributed by atoms with van der Waals surface area (Å²) in [5, 5.41) is 21.0. The highest BCUT2D eigenvalue weighted by Gasteiger charge is 2.26. The summed E-state index contributed by atoms with van der Waals surface area (Å²) in [4.78, 5) is 34.3. The van der Waals surface area contributed by atoms with Gasteiger partial charge in [-0.1, -0.05) is 56.0 Å². The van der Waals surface area contributed by atoms with Crippen LogP contribution in [0.3, 0.4) is 0 Å². The molecule has 0 amide bonds. The molecule has 0 bridgehead atoms. The predicted molar refractivity (Wildman–Crippen MR) is 130 cm³/mol. The average Bonchev–Trinajstić information content (AvgIpc) is 2.78. The van der Waals surface area contributed by atoms with Gasteiger partial charge in [-0.25, -0.2) is 9.59 Å². The van der Waals surface area contributed by atoms with Crippen LogP contribution in [0.5, 0.6) is 0 Å². The molecular formula is C26H37NO6. The zero-order valence-corrected chi connectivity index (χ0v) is 19.3. The van der Waals surface area contributed by atoms with Crippen molar-refractivity contribution in [3.05, 3.63) is 54.6 Å². The van der Waals surface area contributed by atoms with E-state index in [9.17, 15) is 14.4 Å². The van der Waals surface area contributed by atoms with Crippen molar-refractivity contribution >= 4 is 23.6 Å². The first-order chi connectivity index (χ1) is 16.0. The number of allylic oxidation sites excluding steroid dienone is 3. The molecule has 1 atom stereocenters. The molecule has 0 aliphatic heterocycles. The van der Waals surface area contributed by atoms with Crippen molar-refractivity contribution in [1.82, 2.24) is 0 Å². The number of esters is 1. The van der Waals surface area contributed by atoms with Gasteiger partial charge in [-0.05, 0) is 50.7 Å². The maximum atomic E-state index is 12.4. The zero-order chi connectivity index (χ0) is 24.3. The van der Waals surface area contributed by atoms with Crippen molar-refractivity contribution in [2.24, 2.45) is 0 Å². The van der Waals surface area contributed by atoms with Gasteiger partial charge in [-0.2, -0.15) is 0 Å². The highest BCUT2D eigenvalue weighted by molar-refractivity contribution is 5.97. The van der Waals surface area contributed by atoms with Gasteiger partial charge in [0.2, 0.25) is 6.10 Å². The van der Waals surface area contributed by atoms with Gasteiger partial charge in [0.05, 0.1) is 12.0 Å². The quantitative estimate of drug-likeness (QED) is 0.136. The first-order valence-corrected chi connectivity index (χ1v) is 11.7. The number of hydrogen-bond donors (Lipinski definition) is 3. The Labute approximate surface area is 196 Å². The zero-order valence-electron chi connectivity index (χ0n) is 19.3. The average molecular weight is 460 g/mol. The Bertz CT molecular complexity index is 774. The molecule has 0 radical (unpaired) electrons. The van der Waals surface area contributed by atoms with Crippen LogP contribution in [0.1, 0.15) is 81.0 Å². The lowest BCUT2D eigenvalue weighted by Gasteiger charge is -2.14. The molecule has 182 valence electrons. The van der Waals surface area contributed by atoms with Gasteiger partial charge in [0.1, 0.15) is 0 Å². The lowest BCUT2D eigenvalue weighted by Crippen LogP contribution is -2.29. The first-order valence-electron chi connectivity index (χ1n) is 11.7. The number of para-hydroxylation sites is 1. The number of anilines is 1. The normalized spacial score (nSPS) is 11.8. The Morgan fingerprint density at radius 2 is 1.52 bits per heavy atom. The third-order valence-electron chi connectivity index (χ3n) is 5.09. The minimum Gasteiger partial charge on any atom is -0.481 e. The van der Waals surface area contributed by atoms with Gasteiger partial charge in [0.15, 0.2) is 0 Å². The Morgan fingerprint density at radius 3 is 2.15 bits per heavy atom. The predicted octanol–water partition coefficient (Wildman–Crippen LogP) is 5.83. The van der Waals surface area contributed by atoms with Crippen molar-refractivity contribution in [3.8, 4) is 0 Å². The molecule has 0 saturated carbocycles. The number of hydrogen-bond acceptors (Lipinski definition) is 5. The largest absolute Gasteiger partial charge is 0.481 e. The van der Waals surface area contributed by atoms with E-state index in [2.05, 4.69) is 24.0 Å². The summed E-state index contributed by atoms with van der Waals surface area (Å²) in [6.07, 6.45) is 15.5. The van der Waals surface area contributed by atoms with E-state index in [4.69, 9.17) is 14.9 Å². The Kier molecular flexibility index (Phi) is 14.8. The Balaban J connectivity index is 2.30. The molecule has 1 aromatic carbocycles. The van der Waals surface area contributed by atoms with E-state index in [-0.39, 0.29) is 5.56 Å². The van der Waals surface area contributed by atoms with Gasteiger partial charge >= 0.3 is 17.9 Å². The van der Waals surface area contributed by atoms with Gasteiger partial charge in [0.25, 0.3) is 0 Å². The van der Waals surface area contributed by atoms with Gasteiger partial charge in [-0.15, -0.1) is 6.58 Å². The lowest BCUT2D eigenvalue weighted by atomic mass is 10.1. The van der Waals surface area contributed by atoms with E-state index >= 15 is 0 Å². The van der Waals surface area contributed by atoms with Crippen LogP contribution >= 0.6 is 0 Å². The van der Waals surface area contributed by atoms with Crippen LogP contribution in [-0.2, 0) is 14.3 Å². The highest BCUT2D eigenvalue weighted by atomic mass is 16.6. The molecule has 0 aliphatic rings. The fourth-order valence-electron chi connectivity index (χ4n) is 3.28. The SMILES string of the molecule is C=CCCCCCCCCC=CCCCNc1ccccc1C(=O)OC(CC(=O)O)C(=O)O. The number of unbranched alkanes of at least 4 members (excludes halogenated alkanes) is 8. The highest BCUT2D eigenvalue weighted by Crippen LogP contribution is 2.18. The molecule has 0 heterocycles. The minimum atomic E-state index is -1.73. The monoisotopic (exact) mass is 459 g/mol. The number of nitrogens with one attached hydrogen (secondary N) is 1. The number of rotatable bonds is 19. The summed E-state index contributed by atoms with van der Waals surface area (Å²) in [6.45, 7) is 4.37. The second-order valence-electron chi connectivity index (χ2n) is 7.90. The van der Waals surface area contributed by atoms with E-state index in [0.29, 0.717) is 12.2 Å². The van der Waals surface area contributed by atoms with Crippen LogP contribution in [0.25, 0.3) is 0 Å². The fraction of sp³-hybridized carbons (Fsp3) is 0.500. The molecule has 0 fully saturated rings. The van der Waals surface area contributed by atoms with E-state index in [0.717, 1.165) is 25.7 Å². The van der Waals surface area contributed by atoms with Crippen LogP contribution in [-0.4, -0.2) is 40.8 Å². The van der Waals surface area contributed by atoms with E-state index in [1.54, 1.807) is 18.2 Å². The van der Waals surface area contributed by atoms with Crippen LogP contribution in [0, 0.1) is 0 Å². The van der Waals surface area contributed by atoms with Crippen molar-refractivity contribution in [2.75, 3.05) is 11.9 Å². The van der Waals surface area contributed by atoms with Gasteiger partial charge < -0.3 is 20.3 Å². The maximum Gasteiger partial charge on any atom is 0.345 e. The van der Waals surface area contributed by atoms with E-state index in [1.165, 1.54) is 44.6 Å². The first kappa shape index (κ1) is 27.9. The molecule has 7 nitrogen and oxygen atoms in total. The fourth-order valence-corrected chi connectivity index (χ4v) is 3.28. The third-order valence-corrected chi connectivity index (χ3v) is 5.09. The van der Waals surface area contributed by atoms with E-state index in [1.807, 2.05) is 6.08 Å². The summed E-state index contributed by atoms with van der Waals surface area (Å²) in [7, 11) is 0. The molecule has 3 N–H and O–H groups in total. The molecule has 0 aromatic heterocycles. The molecule has 0 saturated heterocycles. The Morgan fingerprint density at radius 1 is 0.909 bits per heavy atom. The summed E-state index contributed by atoms with van der Waals surface area (Å²) < 4.78 is 4.90. The van der Waals surface area contributed by atoms with Crippen LogP contribution in [0.4, 0.5) is 5.69 Å². The van der Waals surface area contributed by atoms with Crippen molar-refractivity contribution in [3.63, 3.8) is 0 Å². The minimum absolute atomic E-state index is 0.175. The van der Waals surface area contributed by atoms with Crippen molar-refractivity contribution < 1.29 is 29.3 Å². The summed E-state index contributed by atoms with van der Waals surface area (Å²) >= 11 is 0. The lowest BCUT2D eigenvalue weighted by molar-refractivity contribution is -0.153. The van der Waals surface area contributed by atoms with Crippen LogP contribution < -0.4 is 5.32 Å². The van der Waals surface area contributed by atoms with Crippen molar-refractivity contribution in [2.45, 2.75) is 76.7 Å². The molecule has 1 aromatic rings.